The molecule has 27 heavy (non-hydrogen) atoms. The Morgan fingerprint density at radius 2 is 2.22 bits per heavy atom. The molecule has 2 aromatic rings. The zero-order valence-corrected chi connectivity index (χ0v) is 16.0. The van der Waals surface area contributed by atoms with Gasteiger partial charge in [-0.2, -0.15) is 5.21 Å². The van der Waals surface area contributed by atoms with Crippen LogP contribution in [0.4, 0.5) is 0 Å². The highest BCUT2D eigenvalue weighted by Gasteiger charge is 2.63. The fourth-order valence-corrected chi connectivity index (χ4v) is 5.34. The first-order chi connectivity index (χ1) is 12.8. The number of tetrazole rings is 1. The quantitative estimate of drug-likeness (QED) is 0.649. The number of nitrogens with zero attached hydrogens (tertiary/aromatic N) is 4. The van der Waals surface area contributed by atoms with Crippen molar-refractivity contribution in [3.05, 3.63) is 41.2 Å². The number of nitrogens with two attached hydrogens (primary N) is 1. The number of aromatic amines is 1. The van der Waals surface area contributed by atoms with Crippen molar-refractivity contribution in [2.24, 2.45) is 5.73 Å². The largest absolute Gasteiger partial charge is 0.340 e. The molecule has 4 rings (SSSR count). The van der Waals surface area contributed by atoms with Gasteiger partial charge in [-0.05, 0) is 26.3 Å². The standard InChI is InChI=1S/C17H21N7O2S/c1-8-5-4-6-9(7-8)10(18)14(25)19-11-15(26)24-12(13-20-22-23-21-13)17(2,3)27-16(11)24/h4-7,10-12,16H,18H2,1-3H3,(H,19,25)(H,20,21,22,23)/t10-,11?,12?,16-/m1/s1. The van der Waals surface area contributed by atoms with Crippen molar-refractivity contribution in [2.75, 3.05) is 0 Å². The van der Waals surface area contributed by atoms with Crippen molar-refractivity contribution in [2.45, 2.75) is 49.0 Å². The van der Waals surface area contributed by atoms with E-state index in [4.69, 9.17) is 5.73 Å². The minimum atomic E-state index is -0.820. The first-order valence-electron chi connectivity index (χ1n) is 8.65. The molecule has 9 nitrogen and oxygen atoms in total. The highest BCUT2D eigenvalue weighted by molar-refractivity contribution is 8.01. The van der Waals surface area contributed by atoms with Gasteiger partial charge in [-0.25, -0.2) is 0 Å². The lowest BCUT2D eigenvalue weighted by atomic mass is 9.95. The second kappa shape index (κ2) is 6.31. The Hall–Kier alpha value is -2.46. The van der Waals surface area contributed by atoms with Gasteiger partial charge >= 0.3 is 0 Å². The van der Waals surface area contributed by atoms with E-state index in [0.29, 0.717) is 5.82 Å². The summed E-state index contributed by atoms with van der Waals surface area (Å²) in [4.78, 5) is 27.1. The van der Waals surface area contributed by atoms with Crippen molar-refractivity contribution >= 4 is 23.6 Å². The average Bonchev–Trinajstić information content (AvgIpc) is 3.23. The number of hydrogen-bond donors (Lipinski definition) is 3. The maximum absolute atomic E-state index is 12.8. The van der Waals surface area contributed by atoms with Crippen molar-refractivity contribution < 1.29 is 9.59 Å². The third kappa shape index (κ3) is 2.88. The van der Waals surface area contributed by atoms with E-state index in [-0.39, 0.29) is 28.0 Å². The molecule has 0 bridgehead atoms. The Kier molecular flexibility index (Phi) is 4.19. The lowest BCUT2D eigenvalue weighted by Gasteiger charge is -2.44. The van der Waals surface area contributed by atoms with Gasteiger partial charge in [-0.1, -0.05) is 35.0 Å². The Morgan fingerprint density at radius 3 is 2.89 bits per heavy atom. The highest BCUT2D eigenvalue weighted by Crippen LogP contribution is 2.56. The highest BCUT2D eigenvalue weighted by atomic mass is 32.2. The summed E-state index contributed by atoms with van der Waals surface area (Å²) < 4.78 is -0.303. The zero-order valence-electron chi connectivity index (χ0n) is 15.2. The van der Waals surface area contributed by atoms with Gasteiger partial charge < -0.3 is 16.0 Å². The Bertz CT molecular complexity index is 885. The normalized spacial score (nSPS) is 27.0. The Balaban J connectivity index is 1.49. The van der Waals surface area contributed by atoms with E-state index in [1.54, 1.807) is 16.7 Å². The molecule has 2 aliphatic heterocycles. The zero-order chi connectivity index (χ0) is 19.3. The average molecular weight is 387 g/mol. The number of carbonyl (C=O) groups excluding carboxylic acids is 2. The molecule has 2 fully saturated rings. The first kappa shape index (κ1) is 17.9. The Labute approximate surface area is 160 Å². The van der Waals surface area contributed by atoms with Crippen LogP contribution in [0.5, 0.6) is 0 Å². The molecule has 10 heteroatoms. The number of benzene rings is 1. The van der Waals surface area contributed by atoms with E-state index < -0.39 is 12.1 Å². The maximum Gasteiger partial charge on any atom is 0.249 e. The lowest BCUT2D eigenvalue weighted by Crippen LogP contribution is -2.68. The van der Waals surface area contributed by atoms with Gasteiger partial charge in [-0.3, -0.25) is 9.59 Å². The van der Waals surface area contributed by atoms with Gasteiger partial charge in [0.1, 0.15) is 23.5 Å². The molecule has 4 atom stereocenters. The molecule has 0 spiro atoms. The van der Waals surface area contributed by atoms with E-state index >= 15 is 0 Å². The predicted molar refractivity (Wildman–Crippen MR) is 99.3 cm³/mol. The topological polar surface area (TPSA) is 130 Å². The molecule has 0 radical (unpaired) electrons. The molecule has 1 aromatic heterocycles. The number of H-pyrrole nitrogens is 1. The number of aryl methyl sites for hydroxylation is 1. The van der Waals surface area contributed by atoms with Crippen molar-refractivity contribution in [1.29, 1.82) is 0 Å². The van der Waals surface area contributed by atoms with Crippen molar-refractivity contribution in [1.82, 2.24) is 30.8 Å². The van der Waals surface area contributed by atoms with Gasteiger partial charge in [0.2, 0.25) is 11.8 Å². The van der Waals surface area contributed by atoms with Crippen LogP contribution in [0.1, 0.15) is 42.9 Å². The van der Waals surface area contributed by atoms with Crippen LogP contribution in [0.3, 0.4) is 0 Å². The van der Waals surface area contributed by atoms with Crippen LogP contribution in [0.2, 0.25) is 0 Å². The lowest BCUT2D eigenvalue weighted by molar-refractivity contribution is -0.152. The molecule has 0 saturated carbocycles. The third-order valence-electron chi connectivity index (χ3n) is 5.03. The second-order valence-corrected chi connectivity index (χ2v) is 9.18. The van der Waals surface area contributed by atoms with Crippen LogP contribution < -0.4 is 11.1 Å². The molecule has 0 aliphatic carbocycles. The number of nitrogens with one attached hydrogen (secondary N) is 2. The summed E-state index contributed by atoms with van der Waals surface area (Å²) in [7, 11) is 0. The van der Waals surface area contributed by atoms with Gasteiger partial charge in [0, 0.05) is 4.75 Å². The van der Waals surface area contributed by atoms with Crippen LogP contribution in [-0.4, -0.2) is 53.5 Å². The van der Waals surface area contributed by atoms with E-state index in [9.17, 15) is 9.59 Å². The summed E-state index contributed by atoms with van der Waals surface area (Å²) in [5, 5.41) is 16.8. The summed E-state index contributed by atoms with van der Waals surface area (Å²) in [6, 6.07) is 5.77. The number of fused-ring (bicyclic) bond motifs is 1. The molecular weight excluding hydrogens is 366 g/mol. The summed E-state index contributed by atoms with van der Waals surface area (Å²) in [6.45, 7) is 6.00. The number of thioether (sulfide) groups is 1. The first-order valence-corrected chi connectivity index (χ1v) is 9.53. The molecule has 1 aromatic carbocycles. The van der Waals surface area contributed by atoms with E-state index in [1.165, 1.54) is 0 Å². The minimum Gasteiger partial charge on any atom is -0.340 e. The number of hydrogen-bond acceptors (Lipinski definition) is 7. The van der Waals surface area contributed by atoms with Crippen LogP contribution in [0.15, 0.2) is 24.3 Å². The SMILES string of the molecule is Cc1cccc([C@@H](N)C(=O)NC2C(=O)N3C(c4nn[nH]n4)C(C)(C)S[C@H]23)c1. The Morgan fingerprint density at radius 1 is 1.44 bits per heavy atom. The minimum absolute atomic E-state index is 0.155. The van der Waals surface area contributed by atoms with Crippen LogP contribution in [0, 0.1) is 6.92 Å². The molecule has 142 valence electrons. The van der Waals surface area contributed by atoms with Crippen molar-refractivity contribution in [3.63, 3.8) is 0 Å². The number of rotatable bonds is 4. The summed E-state index contributed by atoms with van der Waals surface area (Å²) in [6.07, 6.45) is 0. The summed E-state index contributed by atoms with van der Waals surface area (Å²) >= 11 is 1.62. The molecule has 3 heterocycles. The van der Waals surface area contributed by atoms with E-state index in [2.05, 4.69) is 25.9 Å². The van der Waals surface area contributed by atoms with E-state index in [1.807, 2.05) is 45.0 Å². The molecule has 2 amide bonds. The maximum atomic E-state index is 12.8. The van der Waals surface area contributed by atoms with Gasteiger partial charge in [-0.15, -0.1) is 22.0 Å². The van der Waals surface area contributed by atoms with Crippen LogP contribution in [0.25, 0.3) is 0 Å². The molecule has 2 unspecified atom stereocenters. The monoisotopic (exact) mass is 387 g/mol. The van der Waals surface area contributed by atoms with Gasteiger partial charge in [0.25, 0.3) is 0 Å². The number of aromatic nitrogens is 4. The van der Waals surface area contributed by atoms with Crippen LogP contribution >= 0.6 is 11.8 Å². The number of amides is 2. The fraction of sp³-hybridized carbons (Fsp3) is 0.471. The molecule has 2 aliphatic rings. The molecular formula is C17H21N7O2S. The van der Waals surface area contributed by atoms with Gasteiger partial charge in [0.05, 0.1) is 0 Å². The number of β-lactam (4-membered cyclic amide) rings is 1. The summed E-state index contributed by atoms with van der Waals surface area (Å²) in [5.41, 5.74) is 7.85. The molecule has 4 N–H and O–H groups in total. The molecule has 2 saturated heterocycles. The number of carbonyl (C=O) groups is 2. The smallest absolute Gasteiger partial charge is 0.249 e. The van der Waals surface area contributed by atoms with Crippen LogP contribution in [-0.2, 0) is 9.59 Å². The summed E-state index contributed by atoms with van der Waals surface area (Å²) in [5.74, 6) is -0.0396. The predicted octanol–water partition coefficient (Wildman–Crippen LogP) is 0.428. The third-order valence-corrected chi connectivity index (χ3v) is 6.60. The van der Waals surface area contributed by atoms with E-state index in [0.717, 1.165) is 11.1 Å². The fourth-order valence-electron chi connectivity index (χ4n) is 3.71. The van der Waals surface area contributed by atoms with Gasteiger partial charge in [0.15, 0.2) is 5.82 Å². The van der Waals surface area contributed by atoms with Crippen molar-refractivity contribution in [3.8, 4) is 0 Å². The second-order valence-electron chi connectivity index (χ2n) is 7.41.